The second-order valence-corrected chi connectivity index (χ2v) is 9.83. The first-order valence-electron chi connectivity index (χ1n) is 12.1. The van der Waals surface area contributed by atoms with Crippen LogP contribution in [0.4, 0.5) is 0 Å². The number of ketones is 1. The van der Waals surface area contributed by atoms with Gasteiger partial charge < -0.3 is 16.0 Å². The van der Waals surface area contributed by atoms with Crippen LogP contribution in [0.3, 0.4) is 0 Å². The van der Waals surface area contributed by atoms with Crippen LogP contribution in [0.1, 0.15) is 63.4 Å². The number of hydrogen-bond donors (Lipinski definition) is 3. The average Bonchev–Trinajstić information content (AvgIpc) is 2.83. The minimum Gasteiger partial charge on any atom is -0.345 e. The number of nitrogens with one attached hydrogen (secondary N) is 3. The SMILES string of the molecule is CCC(C)(C)NC(=O)C(=O)C(Cc1ccccc1)NC(=O)C(CC(C)C)NC(=O)c1ccccc1. The van der Waals surface area contributed by atoms with Gasteiger partial charge in [0.1, 0.15) is 12.1 Å². The lowest BCUT2D eigenvalue weighted by atomic mass is 9.97. The first kappa shape index (κ1) is 27.8. The molecule has 2 rings (SSSR count). The van der Waals surface area contributed by atoms with Crippen molar-refractivity contribution in [2.75, 3.05) is 0 Å². The lowest BCUT2D eigenvalue weighted by Crippen LogP contribution is -2.56. The van der Waals surface area contributed by atoms with Gasteiger partial charge in [0.05, 0.1) is 0 Å². The van der Waals surface area contributed by atoms with Crippen molar-refractivity contribution >= 4 is 23.5 Å². The molecule has 0 aliphatic heterocycles. The number of hydrogen-bond acceptors (Lipinski definition) is 4. The molecule has 0 saturated carbocycles. The number of amides is 3. The molecule has 2 aromatic rings. The van der Waals surface area contributed by atoms with Crippen molar-refractivity contribution in [3.05, 3.63) is 71.8 Å². The molecule has 2 unspecified atom stereocenters. The van der Waals surface area contributed by atoms with E-state index < -0.39 is 35.2 Å². The molecule has 0 aliphatic carbocycles. The largest absolute Gasteiger partial charge is 0.345 e. The highest BCUT2D eigenvalue weighted by Gasteiger charge is 2.32. The van der Waals surface area contributed by atoms with E-state index in [-0.39, 0.29) is 18.2 Å². The Kier molecular flexibility index (Phi) is 10.2. The van der Waals surface area contributed by atoms with E-state index in [9.17, 15) is 19.2 Å². The molecule has 7 nitrogen and oxygen atoms in total. The standard InChI is InChI=1S/C28H37N3O4/c1-6-28(4,5)31-27(35)24(32)22(18-20-13-9-7-10-14-20)29-26(34)23(17-19(2)3)30-25(33)21-15-11-8-12-16-21/h7-16,19,22-23H,6,17-18H2,1-5H3,(H,29,34)(H,30,33)(H,31,35). The number of carbonyl (C=O) groups is 4. The van der Waals surface area contributed by atoms with Gasteiger partial charge in [0.25, 0.3) is 11.8 Å². The molecule has 0 heterocycles. The topological polar surface area (TPSA) is 104 Å². The van der Waals surface area contributed by atoms with E-state index in [4.69, 9.17) is 0 Å². The van der Waals surface area contributed by atoms with Gasteiger partial charge in [-0.25, -0.2) is 0 Å². The highest BCUT2D eigenvalue weighted by Crippen LogP contribution is 2.11. The first-order valence-corrected chi connectivity index (χ1v) is 12.1. The lowest BCUT2D eigenvalue weighted by Gasteiger charge is -2.27. The summed E-state index contributed by atoms with van der Waals surface area (Å²) >= 11 is 0. The van der Waals surface area contributed by atoms with Gasteiger partial charge >= 0.3 is 0 Å². The zero-order valence-electron chi connectivity index (χ0n) is 21.3. The molecule has 0 aromatic heterocycles. The number of rotatable bonds is 12. The smallest absolute Gasteiger partial charge is 0.290 e. The fourth-order valence-electron chi connectivity index (χ4n) is 3.48. The van der Waals surface area contributed by atoms with Crippen molar-refractivity contribution in [2.45, 2.75) is 71.5 Å². The summed E-state index contributed by atoms with van der Waals surface area (Å²) in [5.41, 5.74) is 0.687. The summed E-state index contributed by atoms with van der Waals surface area (Å²) in [6, 6.07) is 15.9. The van der Waals surface area contributed by atoms with Gasteiger partial charge in [-0.1, -0.05) is 69.3 Å². The van der Waals surface area contributed by atoms with Gasteiger partial charge in [-0.2, -0.15) is 0 Å². The molecule has 35 heavy (non-hydrogen) atoms. The Morgan fingerprint density at radius 3 is 1.94 bits per heavy atom. The highest BCUT2D eigenvalue weighted by molar-refractivity contribution is 6.38. The molecule has 2 aromatic carbocycles. The summed E-state index contributed by atoms with van der Waals surface area (Å²) in [5, 5.41) is 8.29. The van der Waals surface area contributed by atoms with E-state index in [1.54, 1.807) is 30.3 Å². The van der Waals surface area contributed by atoms with Crippen LogP contribution in [-0.2, 0) is 20.8 Å². The Morgan fingerprint density at radius 1 is 0.829 bits per heavy atom. The molecule has 188 valence electrons. The molecular formula is C28H37N3O4. The van der Waals surface area contributed by atoms with E-state index in [1.165, 1.54) is 0 Å². The third kappa shape index (κ3) is 9.00. The Bertz CT molecular complexity index is 1000. The van der Waals surface area contributed by atoms with Crippen LogP contribution in [-0.4, -0.2) is 41.1 Å². The minimum atomic E-state index is -1.07. The molecule has 7 heteroatoms. The predicted molar refractivity (Wildman–Crippen MR) is 137 cm³/mol. The molecule has 2 atom stereocenters. The quantitative estimate of drug-likeness (QED) is 0.406. The van der Waals surface area contributed by atoms with Crippen molar-refractivity contribution in [1.82, 2.24) is 16.0 Å². The van der Waals surface area contributed by atoms with Crippen LogP contribution in [0, 0.1) is 5.92 Å². The summed E-state index contributed by atoms with van der Waals surface area (Å²) in [7, 11) is 0. The van der Waals surface area contributed by atoms with Gasteiger partial charge in [-0.05, 0) is 50.3 Å². The van der Waals surface area contributed by atoms with E-state index in [0.29, 0.717) is 18.4 Å². The number of carbonyl (C=O) groups excluding carboxylic acids is 4. The lowest BCUT2D eigenvalue weighted by molar-refractivity contribution is -0.141. The van der Waals surface area contributed by atoms with Crippen LogP contribution in [0.2, 0.25) is 0 Å². The monoisotopic (exact) mass is 479 g/mol. The summed E-state index contributed by atoms with van der Waals surface area (Å²) in [4.78, 5) is 51.9. The molecule has 0 fully saturated rings. The van der Waals surface area contributed by atoms with Gasteiger partial charge in [0.15, 0.2) is 0 Å². The molecule has 3 amide bonds. The second-order valence-electron chi connectivity index (χ2n) is 9.83. The molecular weight excluding hydrogens is 442 g/mol. The number of benzene rings is 2. The normalized spacial score (nSPS) is 13.0. The van der Waals surface area contributed by atoms with E-state index >= 15 is 0 Å². The van der Waals surface area contributed by atoms with Crippen molar-refractivity contribution in [2.24, 2.45) is 5.92 Å². The van der Waals surface area contributed by atoms with Crippen LogP contribution >= 0.6 is 0 Å². The zero-order valence-corrected chi connectivity index (χ0v) is 21.3. The maximum atomic E-state index is 13.3. The van der Waals surface area contributed by atoms with Crippen molar-refractivity contribution in [1.29, 1.82) is 0 Å². The third-order valence-electron chi connectivity index (χ3n) is 5.84. The number of Topliss-reactive ketones (excluding diaryl/α,β-unsaturated/α-hetero) is 1. The third-order valence-corrected chi connectivity index (χ3v) is 5.84. The maximum Gasteiger partial charge on any atom is 0.290 e. The zero-order chi connectivity index (χ0) is 26.0. The molecule has 0 bridgehead atoms. The highest BCUT2D eigenvalue weighted by atomic mass is 16.2. The fourth-order valence-corrected chi connectivity index (χ4v) is 3.48. The molecule has 0 spiro atoms. The summed E-state index contributed by atoms with van der Waals surface area (Å²) in [6.45, 7) is 9.48. The fraction of sp³-hybridized carbons (Fsp3) is 0.429. The predicted octanol–water partition coefficient (Wildman–Crippen LogP) is 3.43. The first-order chi connectivity index (χ1) is 16.5. The van der Waals surface area contributed by atoms with E-state index in [2.05, 4.69) is 16.0 Å². The van der Waals surface area contributed by atoms with Crippen LogP contribution in [0.15, 0.2) is 60.7 Å². The van der Waals surface area contributed by atoms with Crippen molar-refractivity contribution < 1.29 is 19.2 Å². The van der Waals surface area contributed by atoms with Crippen LogP contribution in [0.5, 0.6) is 0 Å². The Balaban J connectivity index is 2.24. The molecule has 0 radical (unpaired) electrons. The molecule has 3 N–H and O–H groups in total. The maximum absolute atomic E-state index is 13.3. The second kappa shape index (κ2) is 12.8. The van der Waals surface area contributed by atoms with Crippen LogP contribution in [0.25, 0.3) is 0 Å². The van der Waals surface area contributed by atoms with E-state index in [0.717, 1.165) is 5.56 Å². The molecule has 0 aliphatic rings. The summed E-state index contributed by atoms with van der Waals surface area (Å²) in [6.07, 6.45) is 1.18. The average molecular weight is 480 g/mol. The van der Waals surface area contributed by atoms with E-state index in [1.807, 2.05) is 65.0 Å². The Labute approximate surface area is 208 Å². The summed E-state index contributed by atoms with van der Waals surface area (Å²) in [5.74, 6) is -2.23. The Hall–Kier alpha value is -3.48. The van der Waals surface area contributed by atoms with Crippen LogP contribution < -0.4 is 16.0 Å². The van der Waals surface area contributed by atoms with Crippen molar-refractivity contribution in [3.8, 4) is 0 Å². The minimum absolute atomic E-state index is 0.110. The van der Waals surface area contributed by atoms with Gasteiger partial charge in [0.2, 0.25) is 11.7 Å². The summed E-state index contributed by atoms with van der Waals surface area (Å²) < 4.78 is 0. The molecule has 0 saturated heterocycles. The Morgan fingerprint density at radius 2 is 1.40 bits per heavy atom. The van der Waals surface area contributed by atoms with Crippen molar-refractivity contribution in [3.63, 3.8) is 0 Å². The van der Waals surface area contributed by atoms with Gasteiger partial charge in [-0.3, -0.25) is 19.2 Å². The van der Waals surface area contributed by atoms with Gasteiger partial charge in [-0.15, -0.1) is 0 Å². The van der Waals surface area contributed by atoms with Gasteiger partial charge in [0, 0.05) is 17.5 Å².